The predicted octanol–water partition coefficient (Wildman–Crippen LogP) is 0.486. The number of aliphatic hydroxyl groups excluding tert-OH is 1. The van der Waals surface area contributed by atoms with Crippen LogP contribution in [0.5, 0.6) is 0 Å². The topological polar surface area (TPSA) is 82.8 Å². The Morgan fingerprint density at radius 1 is 1.45 bits per heavy atom. The van der Waals surface area contributed by atoms with Crippen LogP contribution in [-0.2, 0) is 4.79 Å². The van der Waals surface area contributed by atoms with Crippen LogP contribution in [0.25, 0.3) is 0 Å². The number of aliphatic hydroxyl groups is 1. The Balaban J connectivity index is 2.35. The zero-order valence-electron chi connectivity index (χ0n) is 10.7. The minimum absolute atomic E-state index is 0.0218. The number of alkyl halides is 2. The molecule has 0 bridgehead atoms. The smallest absolute Gasteiger partial charge is 0.255 e. The Labute approximate surface area is 114 Å². The lowest BCUT2D eigenvalue weighted by Gasteiger charge is -2.21. The van der Waals surface area contributed by atoms with Crippen molar-refractivity contribution in [3.05, 3.63) is 24.2 Å². The molecule has 0 aliphatic heterocycles. The third-order valence-electron chi connectivity index (χ3n) is 2.49. The molecule has 6 nitrogen and oxygen atoms in total. The Bertz CT molecular complexity index is 423. The lowest BCUT2D eigenvalue weighted by molar-refractivity contribution is -0.133. The SMILES string of the molecule is O=C(NCCC(=O)N(CCO)CC(F)F)c1ccoc1. The van der Waals surface area contributed by atoms with Gasteiger partial charge in [-0.05, 0) is 6.07 Å². The standard InChI is InChI=1S/C12H16F2N2O4/c13-10(14)7-16(4-5-17)11(18)1-3-15-12(19)9-2-6-20-8-9/h2,6,8,10,17H,1,3-5,7H2,(H,15,19). The Morgan fingerprint density at radius 3 is 2.75 bits per heavy atom. The van der Waals surface area contributed by atoms with Crippen LogP contribution in [0.4, 0.5) is 8.78 Å². The van der Waals surface area contributed by atoms with Gasteiger partial charge in [-0.25, -0.2) is 8.78 Å². The van der Waals surface area contributed by atoms with E-state index in [0.29, 0.717) is 5.56 Å². The largest absolute Gasteiger partial charge is 0.472 e. The van der Waals surface area contributed by atoms with E-state index in [1.165, 1.54) is 18.6 Å². The zero-order chi connectivity index (χ0) is 15.0. The van der Waals surface area contributed by atoms with Crippen molar-refractivity contribution in [2.75, 3.05) is 26.2 Å². The molecule has 1 heterocycles. The van der Waals surface area contributed by atoms with Gasteiger partial charge in [-0.3, -0.25) is 9.59 Å². The van der Waals surface area contributed by atoms with Crippen molar-refractivity contribution in [1.29, 1.82) is 0 Å². The molecule has 112 valence electrons. The molecule has 20 heavy (non-hydrogen) atoms. The maximum Gasteiger partial charge on any atom is 0.255 e. The third-order valence-corrected chi connectivity index (χ3v) is 2.49. The van der Waals surface area contributed by atoms with E-state index in [2.05, 4.69) is 5.32 Å². The predicted molar refractivity (Wildman–Crippen MR) is 65.3 cm³/mol. The number of carbonyl (C=O) groups is 2. The maximum absolute atomic E-state index is 12.2. The van der Waals surface area contributed by atoms with Crippen LogP contribution in [-0.4, -0.2) is 54.5 Å². The highest BCUT2D eigenvalue weighted by Gasteiger charge is 2.17. The minimum atomic E-state index is -2.66. The summed E-state index contributed by atoms with van der Waals surface area (Å²) in [5, 5.41) is 11.2. The van der Waals surface area contributed by atoms with Crippen LogP contribution >= 0.6 is 0 Å². The molecule has 2 N–H and O–H groups in total. The first kappa shape index (κ1) is 16.1. The molecule has 0 atom stereocenters. The third kappa shape index (κ3) is 5.35. The first-order valence-corrected chi connectivity index (χ1v) is 6.01. The number of nitrogens with zero attached hydrogens (tertiary/aromatic N) is 1. The number of hydrogen-bond donors (Lipinski definition) is 2. The van der Waals surface area contributed by atoms with E-state index >= 15 is 0 Å². The van der Waals surface area contributed by atoms with Gasteiger partial charge in [-0.15, -0.1) is 0 Å². The highest BCUT2D eigenvalue weighted by Crippen LogP contribution is 2.02. The van der Waals surface area contributed by atoms with Crippen molar-refractivity contribution >= 4 is 11.8 Å². The molecule has 0 aliphatic rings. The summed E-state index contributed by atoms with van der Waals surface area (Å²) < 4.78 is 29.2. The second-order valence-corrected chi connectivity index (χ2v) is 3.97. The van der Waals surface area contributed by atoms with Gasteiger partial charge in [0.05, 0.1) is 25.0 Å². The molecule has 0 unspecified atom stereocenters. The summed E-state index contributed by atoms with van der Waals surface area (Å²) >= 11 is 0. The van der Waals surface area contributed by atoms with E-state index in [9.17, 15) is 18.4 Å². The molecule has 0 radical (unpaired) electrons. The molecule has 1 aromatic rings. The summed E-state index contributed by atoms with van der Waals surface area (Å²) in [5.74, 6) is -0.957. The van der Waals surface area contributed by atoms with Gasteiger partial charge in [0.1, 0.15) is 6.26 Å². The Morgan fingerprint density at radius 2 is 2.20 bits per heavy atom. The summed E-state index contributed by atoms with van der Waals surface area (Å²) in [5.41, 5.74) is 0.317. The molecular weight excluding hydrogens is 274 g/mol. The average molecular weight is 290 g/mol. The number of furan rings is 1. The average Bonchev–Trinajstić information content (AvgIpc) is 2.91. The fourth-order valence-corrected chi connectivity index (χ4v) is 1.54. The molecule has 0 aromatic carbocycles. The molecule has 0 saturated heterocycles. The van der Waals surface area contributed by atoms with E-state index < -0.39 is 24.8 Å². The van der Waals surface area contributed by atoms with Crippen LogP contribution in [0.1, 0.15) is 16.8 Å². The molecule has 0 spiro atoms. The van der Waals surface area contributed by atoms with Crippen molar-refractivity contribution in [1.82, 2.24) is 10.2 Å². The van der Waals surface area contributed by atoms with E-state index in [4.69, 9.17) is 9.52 Å². The number of halogens is 2. The zero-order valence-corrected chi connectivity index (χ0v) is 10.7. The minimum Gasteiger partial charge on any atom is -0.472 e. The Kier molecular flexibility index (Phi) is 6.65. The Hall–Kier alpha value is -1.96. The second kappa shape index (κ2) is 8.26. The maximum atomic E-state index is 12.2. The molecular formula is C12H16F2N2O4. The second-order valence-electron chi connectivity index (χ2n) is 3.97. The monoisotopic (exact) mass is 290 g/mol. The number of amides is 2. The number of nitrogens with one attached hydrogen (secondary N) is 1. The van der Waals surface area contributed by atoms with Crippen LogP contribution < -0.4 is 5.32 Å². The molecule has 8 heteroatoms. The lowest BCUT2D eigenvalue weighted by Crippen LogP contribution is -2.39. The summed E-state index contributed by atoms with van der Waals surface area (Å²) in [4.78, 5) is 24.0. The van der Waals surface area contributed by atoms with Gasteiger partial charge in [0.15, 0.2) is 0 Å². The summed E-state index contributed by atoms with van der Waals surface area (Å²) in [6.45, 7) is -1.25. The van der Waals surface area contributed by atoms with Crippen LogP contribution in [0, 0.1) is 0 Å². The van der Waals surface area contributed by atoms with Gasteiger partial charge in [0, 0.05) is 19.5 Å². The summed E-state index contributed by atoms with van der Waals surface area (Å²) in [6.07, 6.45) is -0.181. The van der Waals surface area contributed by atoms with E-state index in [1.807, 2.05) is 0 Å². The quantitative estimate of drug-likeness (QED) is 0.730. The highest BCUT2D eigenvalue weighted by atomic mass is 19.3. The van der Waals surface area contributed by atoms with E-state index in [1.54, 1.807) is 0 Å². The lowest BCUT2D eigenvalue weighted by atomic mass is 10.3. The molecule has 0 saturated carbocycles. The van der Waals surface area contributed by atoms with Gasteiger partial charge in [-0.2, -0.15) is 0 Å². The first-order valence-electron chi connectivity index (χ1n) is 6.01. The summed E-state index contributed by atoms with van der Waals surface area (Å²) in [7, 11) is 0. The summed E-state index contributed by atoms with van der Waals surface area (Å²) in [6, 6.07) is 1.46. The van der Waals surface area contributed by atoms with Crippen molar-refractivity contribution in [3.63, 3.8) is 0 Å². The molecule has 2 amide bonds. The van der Waals surface area contributed by atoms with Gasteiger partial charge < -0.3 is 19.7 Å². The molecule has 0 aliphatic carbocycles. The normalized spacial score (nSPS) is 10.6. The van der Waals surface area contributed by atoms with Crippen molar-refractivity contribution in [2.45, 2.75) is 12.8 Å². The highest BCUT2D eigenvalue weighted by molar-refractivity contribution is 5.94. The fourth-order valence-electron chi connectivity index (χ4n) is 1.54. The van der Waals surface area contributed by atoms with Gasteiger partial charge in [0.25, 0.3) is 12.3 Å². The first-order chi connectivity index (χ1) is 9.54. The van der Waals surface area contributed by atoms with Crippen molar-refractivity contribution in [3.8, 4) is 0 Å². The van der Waals surface area contributed by atoms with Crippen LogP contribution in [0.15, 0.2) is 23.0 Å². The fraction of sp³-hybridized carbons (Fsp3) is 0.500. The van der Waals surface area contributed by atoms with Crippen LogP contribution in [0.2, 0.25) is 0 Å². The molecule has 1 rings (SSSR count). The van der Waals surface area contributed by atoms with Crippen molar-refractivity contribution in [2.24, 2.45) is 0 Å². The number of rotatable bonds is 8. The van der Waals surface area contributed by atoms with E-state index in [0.717, 1.165) is 4.90 Å². The van der Waals surface area contributed by atoms with Gasteiger partial charge >= 0.3 is 0 Å². The molecule has 1 aromatic heterocycles. The molecule has 0 fully saturated rings. The van der Waals surface area contributed by atoms with E-state index in [-0.39, 0.29) is 26.1 Å². The van der Waals surface area contributed by atoms with Gasteiger partial charge in [0.2, 0.25) is 5.91 Å². The van der Waals surface area contributed by atoms with Crippen LogP contribution in [0.3, 0.4) is 0 Å². The van der Waals surface area contributed by atoms with Crippen molar-refractivity contribution < 1.29 is 27.9 Å². The van der Waals surface area contributed by atoms with Gasteiger partial charge in [-0.1, -0.05) is 0 Å². The number of hydrogen-bond acceptors (Lipinski definition) is 4. The number of carbonyl (C=O) groups excluding carboxylic acids is 2.